The normalized spacial score (nSPS) is 15.9. The van der Waals surface area contributed by atoms with Crippen molar-refractivity contribution in [3.8, 4) is 5.75 Å². The van der Waals surface area contributed by atoms with E-state index in [1.165, 1.54) is 5.69 Å². The third kappa shape index (κ3) is 5.76. The number of carbonyl (C=O) groups is 1. The fourth-order valence-electron chi connectivity index (χ4n) is 3.69. The van der Waals surface area contributed by atoms with Crippen molar-refractivity contribution in [1.29, 1.82) is 0 Å². The molecule has 1 amide bonds. The van der Waals surface area contributed by atoms with Gasteiger partial charge >= 0.3 is 0 Å². The second-order valence-corrected chi connectivity index (χ2v) is 8.63. The van der Waals surface area contributed by atoms with Crippen LogP contribution in [0.15, 0.2) is 42.5 Å². The Hall–Kier alpha value is -2.53. The molecule has 0 saturated carbocycles. The van der Waals surface area contributed by atoms with Crippen LogP contribution in [0, 0.1) is 6.92 Å². The zero-order valence-electron chi connectivity index (χ0n) is 18.9. The number of anilines is 1. The van der Waals surface area contributed by atoms with Crippen LogP contribution in [0.1, 0.15) is 43.4 Å². The topological polar surface area (TPSA) is 44.8 Å². The van der Waals surface area contributed by atoms with E-state index in [4.69, 9.17) is 4.74 Å². The van der Waals surface area contributed by atoms with Gasteiger partial charge < -0.3 is 19.9 Å². The Morgan fingerprint density at radius 1 is 1.03 bits per heavy atom. The number of likely N-dealkylation sites (N-methyl/N-ethyl adjacent to an activating group) is 1. The third-order valence-electron chi connectivity index (χ3n) is 5.74. The maximum absolute atomic E-state index is 12.6. The van der Waals surface area contributed by atoms with Crippen LogP contribution in [0.2, 0.25) is 0 Å². The highest BCUT2D eigenvalue weighted by atomic mass is 16.5. The summed E-state index contributed by atoms with van der Waals surface area (Å²) in [5.41, 5.74) is 4.59. The lowest BCUT2D eigenvalue weighted by Gasteiger charge is -2.34. The van der Waals surface area contributed by atoms with Gasteiger partial charge in [0.2, 0.25) is 0 Å². The smallest absolute Gasteiger partial charge is 0.261 e. The fourth-order valence-corrected chi connectivity index (χ4v) is 3.69. The molecule has 1 atom stereocenters. The second-order valence-electron chi connectivity index (χ2n) is 8.63. The lowest BCUT2D eigenvalue weighted by atomic mass is 10.0. The summed E-state index contributed by atoms with van der Waals surface area (Å²) in [6, 6.07) is 14.7. The molecule has 3 rings (SSSR count). The van der Waals surface area contributed by atoms with E-state index in [-0.39, 0.29) is 5.91 Å². The summed E-state index contributed by atoms with van der Waals surface area (Å²) in [5, 5.41) is 3.00. The number of nitrogens with zero attached hydrogens (tertiary/aromatic N) is 2. The van der Waals surface area contributed by atoms with Crippen LogP contribution in [0.3, 0.4) is 0 Å². The largest absolute Gasteiger partial charge is 0.481 e. The molecule has 162 valence electrons. The van der Waals surface area contributed by atoms with E-state index in [0.717, 1.165) is 48.6 Å². The first kappa shape index (κ1) is 22.2. The van der Waals surface area contributed by atoms with E-state index in [1.54, 1.807) is 6.92 Å². The number of benzene rings is 2. The molecule has 2 aromatic rings. The summed E-state index contributed by atoms with van der Waals surface area (Å²) in [6.07, 6.45) is -0.547. The van der Waals surface area contributed by atoms with Crippen LogP contribution in [0.25, 0.3) is 0 Å². The molecule has 1 aliphatic heterocycles. The number of amides is 1. The van der Waals surface area contributed by atoms with Crippen LogP contribution >= 0.6 is 0 Å². The van der Waals surface area contributed by atoms with Crippen molar-refractivity contribution in [3.05, 3.63) is 59.2 Å². The zero-order valence-corrected chi connectivity index (χ0v) is 18.9. The van der Waals surface area contributed by atoms with Gasteiger partial charge in [-0.15, -0.1) is 0 Å². The predicted octanol–water partition coefficient (Wildman–Crippen LogP) is 3.95. The van der Waals surface area contributed by atoms with Crippen LogP contribution in [-0.4, -0.2) is 50.1 Å². The lowest BCUT2D eigenvalue weighted by Crippen LogP contribution is -2.44. The number of hydrogen-bond donors (Lipinski definition) is 1. The molecular formula is C25H35N3O2. The Morgan fingerprint density at radius 2 is 1.70 bits per heavy atom. The molecule has 5 heteroatoms. The van der Waals surface area contributed by atoms with Gasteiger partial charge in [0.15, 0.2) is 6.10 Å². The molecule has 2 aromatic carbocycles. The van der Waals surface area contributed by atoms with Gasteiger partial charge in [-0.25, -0.2) is 0 Å². The number of aryl methyl sites for hydroxylation is 1. The van der Waals surface area contributed by atoms with Gasteiger partial charge in [-0.05, 0) is 61.7 Å². The number of piperazine rings is 1. The van der Waals surface area contributed by atoms with Crippen molar-refractivity contribution in [2.24, 2.45) is 0 Å². The van der Waals surface area contributed by atoms with Gasteiger partial charge in [0.25, 0.3) is 5.91 Å². The molecular weight excluding hydrogens is 374 g/mol. The molecule has 1 saturated heterocycles. The summed E-state index contributed by atoms with van der Waals surface area (Å²) in [6.45, 7) is 12.9. The summed E-state index contributed by atoms with van der Waals surface area (Å²) in [4.78, 5) is 17.3. The zero-order chi connectivity index (χ0) is 21.7. The first-order chi connectivity index (χ1) is 14.3. The minimum absolute atomic E-state index is 0.102. The fraction of sp³-hybridized carbons (Fsp3) is 0.480. The molecule has 1 aliphatic rings. The van der Waals surface area contributed by atoms with Crippen LogP contribution in [0.4, 0.5) is 5.69 Å². The van der Waals surface area contributed by atoms with E-state index in [0.29, 0.717) is 12.5 Å². The number of rotatable bonds is 7. The van der Waals surface area contributed by atoms with E-state index in [9.17, 15) is 4.79 Å². The summed E-state index contributed by atoms with van der Waals surface area (Å²) >= 11 is 0. The standard InChI is InChI=1S/C25H35N3O2/c1-18(2)23-11-6-19(3)16-24(23)30-20(4)25(29)26-17-21-7-9-22(10-8-21)28-14-12-27(5)13-15-28/h6-11,16,18,20H,12-15,17H2,1-5H3,(H,26,29). The Labute approximate surface area is 181 Å². The van der Waals surface area contributed by atoms with Crippen molar-refractivity contribution in [2.75, 3.05) is 38.1 Å². The maximum atomic E-state index is 12.6. The summed E-state index contributed by atoms with van der Waals surface area (Å²) in [5.74, 6) is 1.04. The Morgan fingerprint density at radius 3 is 2.33 bits per heavy atom. The molecule has 5 nitrogen and oxygen atoms in total. The minimum atomic E-state index is -0.547. The second kappa shape index (κ2) is 9.98. The summed E-state index contributed by atoms with van der Waals surface area (Å²) in [7, 11) is 2.16. The quantitative estimate of drug-likeness (QED) is 0.752. The molecule has 0 aliphatic carbocycles. The average Bonchev–Trinajstić information content (AvgIpc) is 2.73. The number of carbonyl (C=O) groups excluding carboxylic acids is 1. The van der Waals surface area contributed by atoms with E-state index in [1.807, 2.05) is 13.0 Å². The Bertz CT molecular complexity index is 840. The molecule has 0 radical (unpaired) electrons. The SMILES string of the molecule is Cc1ccc(C(C)C)c(OC(C)C(=O)NCc2ccc(N3CCN(C)CC3)cc2)c1. The number of hydrogen-bond acceptors (Lipinski definition) is 4. The van der Waals surface area contributed by atoms with Gasteiger partial charge in [-0.2, -0.15) is 0 Å². The van der Waals surface area contributed by atoms with Crippen LogP contribution in [-0.2, 0) is 11.3 Å². The van der Waals surface area contributed by atoms with E-state index in [2.05, 4.69) is 72.4 Å². The van der Waals surface area contributed by atoms with E-state index >= 15 is 0 Å². The van der Waals surface area contributed by atoms with Crippen LogP contribution < -0.4 is 15.0 Å². The molecule has 0 bridgehead atoms. The van der Waals surface area contributed by atoms with Crippen molar-refractivity contribution in [3.63, 3.8) is 0 Å². The van der Waals surface area contributed by atoms with Gasteiger partial charge in [0.1, 0.15) is 5.75 Å². The molecule has 1 unspecified atom stereocenters. The molecule has 1 fully saturated rings. The minimum Gasteiger partial charge on any atom is -0.481 e. The highest BCUT2D eigenvalue weighted by Crippen LogP contribution is 2.28. The molecule has 30 heavy (non-hydrogen) atoms. The number of ether oxygens (including phenoxy) is 1. The maximum Gasteiger partial charge on any atom is 0.261 e. The van der Waals surface area contributed by atoms with E-state index < -0.39 is 6.10 Å². The summed E-state index contributed by atoms with van der Waals surface area (Å²) < 4.78 is 6.02. The average molecular weight is 410 g/mol. The third-order valence-corrected chi connectivity index (χ3v) is 5.74. The highest BCUT2D eigenvalue weighted by Gasteiger charge is 2.18. The van der Waals surface area contributed by atoms with Crippen molar-refractivity contribution in [2.45, 2.75) is 46.3 Å². The predicted molar refractivity (Wildman–Crippen MR) is 123 cm³/mol. The molecule has 1 N–H and O–H groups in total. The first-order valence-electron chi connectivity index (χ1n) is 10.9. The monoisotopic (exact) mass is 409 g/mol. The van der Waals surface area contributed by atoms with Gasteiger partial charge in [0, 0.05) is 38.4 Å². The molecule has 1 heterocycles. The van der Waals surface area contributed by atoms with Gasteiger partial charge in [0.05, 0.1) is 0 Å². The van der Waals surface area contributed by atoms with Gasteiger partial charge in [-0.1, -0.05) is 38.1 Å². The van der Waals surface area contributed by atoms with Crippen molar-refractivity contribution in [1.82, 2.24) is 10.2 Å². The van der Waals surface area contributed by atoms with Crippen LogP contribution in [0.5, 0.6) is 5.75 Å². The van der Waals surface area contributed by atoms with Crippen molar-refractivity contribution >= 4 is 11.6 Å². The molecule has 0 spiro atoms. The van der Waals surface area contributed by atoms with Crippen molar-refractivity contribution < 1.29 is 9.53 Å². The highest BCUT2D eigenvalue weighted by molar-refractivity contribution is 5.80. The van der Waals surface area contributed by atoms with Gasteiger partial charge in [-0.3, -0.25) is 4.79 Å². The Balaban J connectivity index is 1.53. The number of nitrogens with one attached hydrogen (secondary N) is 1. The first-order valence-corrected chi connectivity index (χ1v) is 10.9. The Kier molecular flexibility index (Phi) is 7.38. The molecule has 0 aromatic heterocycles. The lowest BCUT2D eigenvalue weighted by molar-refractivity contribution is -0.127.